The van der Waals surface area contributed by atoms with Crippen LogP contribution in [0, 0.1) is 0 Å². The first-order valence-electron chi connectivity index (χ1n) is 6.11. The summed E-state index contributed by atoms with van der Waals surface area (Å²) in [6.07, 6.45) is 2.81. The molecule has 0 saturated carbocycles. The lowest BCUT2D eigenvalue weighted by Crippen LogP contribution is -2.06. The molecule has 0 bridgehead atoms. The van der Waals surface area contributed by atoms with Gasteiger partial charge >= 0.3 is 0 Å². The molecule has 0 amide bonds. The van der Waals surface area contributed by atoms with Crippen LogP contribution in [-0.4, -0.2) is 16.2 Å². The molecular formula is C15H16BrNO2. The first-order valence-corrected chi connectivity index (χ1v) is 6.90. The van der Waals surface area contributed by atoms with E-state index in [-0.39, 0.29) is 6.10 Å². The Hall–Kier alpha value is -1.39. The van der Waals surface area contributed by atoms with Crippen LogP contribution in [0.25, 0.3) is 0 Å². The third-order valence-corrected chi connectivity index (χ3v) is 3.04. The van der Waals surface area contributed by atoms with E-state index in [1.54, 1.807) is 12.4 Å². The summed E-state index contributed by atoms with van der Waals surface area (Å²) in [5, 5.41) is 10.3. The van der Waals surface area contributed by atoms with E-state index in [4.69, 9.17) is 4.74 Å². The van der Waals surface area contributed by atoms with Gasteiger partial charge in [-0.3, -0.25) is 4.98 Å². The van der Waals surface area contributed by atoms with Gasteiger partial charge in [-0.25, -0.2) is 0 Å². The quantitative estimate of drug-likeness (QED) is 0.933. The van der Waals surface area contributed by atoms with Crippen LogP contribution < -0.4 is 4.74 Å². The van der Waals surface area contributed by atoms with Crippen molar-refractivity contribution < 1.29 is 9.84 Å². The molecule has 1 unspecified atom stereocenters. The molecule has 2 aromatic rings. The van der Waals surface area contributed by atoms with E-state index in [9.17, 15) is 5.11 Å². The minimum absolute atomic E-state index is 0.144. The number of hydrogen-bond acceptors (Lipinski definition) is 3. The standard InChI is InChI=1S/C15H16BrNO2/c1-10(2)19-14-5-3-11(4-6-14)15(18)12-7-13(16)9-17-8-12/h3-10,15,18H,1-2H3. The van der Waals surface area contributed by atoms with Gasteiger partial charge in [0, 0.05) is 22.4 Å². The van der Waals surface area contributed by atoms with Crippen molar-refractivity contribution in [2.45, 2.75) is 26.1 Å². The fourth-order valence-electron chi connectivity index (χ4n) is 1.77. The van der Waals surface area contributed by atoms with Gasteiger partial charge in [-0.05, 0) is 53.5 Å². The van der Waals surface area contributed by atoms with Crippen LogP contribution in [0.1, 0.15) is 31.1 Å². The van der Waals surface area contributed by atoms with Gasteiger partial charge in [0.15, 0.2) is 0 Å². The maximum Gasteiger partial charge on any atom is 0.119 e. The minimum Gasteiger partial charge on any atom is -0.491 e. The molecule has 0 spiro atoms. The van der Waals surface area contributed by atoms with Gasteiger partial charge in [-0.15, -0.1) is 0 Å². The number of nitrogens with zero attached hydrogens (tertiary/aromatic N) is 1. The van der Waals surface area contributed by atoms with E-state index in [0.29, 0.717) is 0 Å². The molecule has 1 aromatic carbocycles. The summed E-state index contributed by atoms with van der Waals surface area (Å²) in [6, 6.07) is 9.32. The van der Waals surface area contributed by atoms with Crippen molar-refractivity contribution in [3.63, 3.8) is 0 Å². The lowest BCUT2D eigenvalue weighted by atomic mass is 10.0. The highest BCUT2D eigenvalue weighted by Gasteiger charge is 2.11. The van der Waals surface area contributed by atoms with E-state index in [2.05, 4.69) is 20.9 Å². The zero-order valence-corrected chi connectivity index (χ0v) is 12.5. The Labute approximate surface area is 121 Å². The van der Waals surface area contributed by atoms with E-state index in [1.165, 1.54) is 0 Å². The Kier molecular flexibility index (Phi) is 4.56. The Bertz CT molecular complexity index is 540. The van der Waals surface area contributed by atoms with Crippen LogP contribution in [-0.2, 0) is 0 Å². The highest BCUT2D eigenvalue weighted by Crippen LogP contribution is 2.25. The lowest BCUT2D eigenvalue weighted by molar-refractivity contribution is 0.219. The first kappa shape index (κ1) is 14.0. The fraction of sp³-hybridized carbons (Fsp3) is 0.267. The molecule has 0 radical (unpaired) electrons. The normalized spacial score (nSPS) is 12.5. The highest BCUT2D eigenvalue weighted by atomic mass is 79.9. The van der Waals surface area contributed by atoms with Crippen molar-refractivity contribution in [2.75, 3.05) is 0 Å². The topological polar surface area (TPSA) is 42.4 Å². The minimum atomic E-state index is -0.682. The number of aromatic nitrogens is 1. The number of benzene rings is 1. The molecular weight excluding hydrogens is 306 g/mol. The van der Waals surface area contributed by atoms with Gasteiger partial charge in [0.2, 0.25) is 0 Å². The van der Waals surface area contributed by atoms with Gasteiger partial charge in [0.1, 0.15) is 11.9 Å². The van der Waals surface area contributed by atoms with Crippen LogP contribution in [0.4, 0.5) is 0 Å². The van der Waals surface area contributed by atoms with E-state index in [0.717, 1.165) is 21.3 Å². The average molecular weight is 322 g/mol. The summed E-state index contributed by atoms with van der Waals surface area (Å²) < 4.78 is 6.42. The maximum atomic E-state index is 10.3. The number of halogens is 1. The number of pyridine rings is 1. The summed E-state index contributed by atoms with van der Waals surface area (Å²) in [5.41, 5.74) is 1.57. The molecule has 1 heterocycles. The zero-order valence-electron chi connectivity index (χ0n) is 10.9. The molecule has 0 aliphatic carbocycles. The van der Waals surface area contributed by atoms with Crippen LogP contribution in [0.5, 0.6) is 5.75 Å². The van der Waals surface area contributed by atoms with Crippen molar-refractivity contribution >= 4 is 15.9 Å². The summed E-state index contributed by atoms with van der Waals surface area (Å²) in [6.45, 7) is 3.96. The van der Waals surface area contributed by atoms with Crippen molar-refractivity contribution in [2.24, 2.45) is 0 Å². The molecule has 0 fully saturated rings. The van der Waals surface area contributed by atoms with Gasteiger partial charge < -0.3 is 9.84 Å². The number of aliphatic hydroxyl groups is 1. The highest BCUT2D eigenvalue weighted by molar-refractivity contribution is 9.10. The lowest BCUT2D eigenvalue weighted by Gasteiger charge is -2.13. The Morgan fingerprint density at radius 3 is 2.37 bits per heavy atom. The van der Waals surface area contributed by atoms with Crippen molar-refractivity contribution in [3.05, 3.63) is 58.3 Å². The monoisotopic (exact) mass is 321 g/mol. The molecule has 4 heteroatoms. The molecule has 1 aromatic heterocycles. The van der Waals surface area contributed by atoms with Crippen molar-refractivity contribution in [1.82, 2.24) is 4.98 Å². The third-order valence-electron chi connectivity index (χ3n) is 2.61. The molecule has 2 rings (SSSR count). The van der Waals surface area contributed by atoms with E-state index >= 15 is 0 Å². The summed E-state index contributed by atoms with van der Waals surface area (Å²) in [5.74, 6) is 0.804. The predicted octanol–water partition coefficient (Wildman–Crippen LogP) is 3.71. The molecule has 1 atom stereocenters. The molecule has 0 saturated heterocycles. The van der Waals surface area contributed by atoms with Gasteiger partial charge in [-0.2, -0.15) is 0 Å². The Morgan fingerprint density at radius 2 is 1.79 bits per heavy atom. The molecule has 0 aliphatic rings. The predicted molar refractivity (Wildman–Crippen MR) is 78.2 cm³/mol. The van der Waals surface area contributed by atoms with Gasteiger partial charge in [0.05, 0.1) is 6.10 Å². The largest absolute Gasteiger partial charge is 0.491 e. The number of hydrogen-bond donors (Lipinski definition) is 1. The van der Waals surface area contributed by atoms with Crippen molar-refractivity contribution in [1.29, 1.82) is 0 Å². The Morgan fingerprint density at radius 1 is 1.11 bits per heavy atom. The van der Waals surface area contributed by atoms with Crippen molar-refractivity contribution in [3.8, 4) is 5.75 Å². The van der Waals surface area contributed by atoms with Crippen LogP contribution >= 0.6 is 15.9 Å². The fourth-order valence-corrected chi connectivity index (χ4v) is 2.15. The van der Waals surface area contributed by atoms with Gasteiger partial charge in [-0.1, -0.05) is 12.1 Å². The second kappa shape index (κ2) is 6.17. The Balaban J connectivity index is 2.17. The average Bonchev–Trinajstić information content (AvgIpc) is 2.38. The zero-order chi connectivity index (χ0) is 13.8. The smallest absolute Gasteiger partial charge is 0.119 e. The first-order chi connectivity index (χ1) is 9.06. The SMILES string of the molecule is CC(C)Oc1ccc(C(O)c2cncc(Br)c2)cc1. The summed E-state index contributed by atoms with van der Waals surface area (Å²) >= 11 is 3.35. The maximum absolute atomic E-state index is 10.3. The molecule has 0 aliphatic heterocycles. The van der Waals surface area contributed by atoms with E-state index < -0.39 is 6.10 Å². The summed E-state index contributed by atoms with van der Waals surface area (Å²) in [7, 11) is 0. The number of ether oxygens (including phenoxy) is 1. The van der Waals surface area contributed by atoms with Crippen LogP contribution in [0.2, 0.25) is 0 Å². The number of rotatable bonds is 4. The van der Waals surface area contributed by atoms with E-state index in [1.807, 2.05) is 44.2 Å². The molecule has 3 nitrogen and oxygen atoms in total. The number of aliphatic hydroxyl groups excluding tert-OH is 1. The molecule has 100 valence electrons. The van der Waals surface area contributed by atoms with Crippen LogP contribution in [0.3, 0.4) is 0 Å². The van der Waals surface area contributed by atoms with Gasteiger partial charge in [0.25, 0.3) is 0 Å². The third kappa shape index (κ3) is 3.78. The molecule has 1 N–H and O–H groups in total. The second-order valence-electron chi connectivity index (χ2n) is 4.57. The molecule has 19 heavy (non-hydrogen) atoms. The second-order valence-corrected chi connectivity index (χ2v) is 5.49. The van der Waals surface area contributed by atoms with Crippen LogP contribution in [0.15, 0.2) is 47.2 Å². The summed E-state index contributed by atoms with van der Waals surface area (Å²) in [4.78, 5) is 4.06.